The highest BCUT2D eigenvalue weighted by Crippen LogP contribution is 2.25. The third-order valence-electron chi connectivity index (χ3n) is 4.17. The van der Waals surface area contributed by atoms with Gasteiger partial charge in [0.05, 0.1) is 16.7 Å². The number of aryl methyl sites for hydroxylation is 4. The predicted octanol–water partition coefficient (Wildman–Crippen LogP) is 4.11. The van der Waals surface area contributed by atoms with Crippen LogP contribution in [0.1, 0.15) is 47.0 Å². The molecule has 0 radical (unpaired) electrons. The quantitative estimate of drug-likeness (QED) is 0.759. The minimum absolute atomic E-state index is 0.139. The number of nitrogens with one attached hydrogen (secondary N) is 1. The molecule has 3 aromatic rings. The number of anilines is 1. The van der Waals surface area contributed by atoms with E-state index in [1.54, 1.807) is 11.3 Å². The number of amides is 1. The van der Waals surface area contributed by atoms with Crippen LogP contribution in [0.4, 0.5) is 5.13 Å². The summed E-state index contributed by atoms with van der Waals surface area (Å²) in [5.41, 5.74) is 3.57. The van der Waals surface area contributed by atoms with Crippen molar-refractivity contribution in [1.29, 1.82) is 0 Å². The van der Waals surface area contributed by atoms with Crippen LogP contribution >= 0.6 is 11.3 Å². The molecule has 1 amide bonds. The van der Waals surface area contributed by atoms with Gasteiger partial charge in [-0.2, -0.15) is 0 Å². The molecule has 0 fully saturated rings. The van der Waals surface area contributed by atoms with E-state index >= 15 is 0 Å². The Labute approximate surface area is 145 Å². The van der Waals surface area contributed by atoms with E-state index in [9.17, 15) is 4.79 Å². The average molecular weight is 342 g/mol. The lowest BCUT2D eigenvalue weighted by molar-refractivity contribution is 0.102. The largest absolute Gasteiger partial charge is 0.331 e. The number of carbonyl (C=O) groups is 1. The molecule has 2 aromatic heterocycles. The van der Waals surface area contributed by atoms with E-state index in [0.29, 0.717) is 10.7 Å². The van der Waals surface area contributed by atoms with Crippen LogP contribution in [0.25, 0.3) is 11.0 Å². The smallest absolute Gasteiger partial charge is 0.257 e. The molecule has 24 heavy (non-hydrogen) atoms. The fraction of sp³-hybridized carbons (Fsp3) is 0.389. The van der Waals surface area contributed by atoms with Crippen molar-refractivity contribution in [2.45, 2.75) is 40.0 Å². The topological polar surface area (TPSA) is 59.8 Å². The fourth-order valence-electron chi connectivity index (χ4n) is 2.78. The number of aromatic nitrogens is 3. The van der Waals surface area contributed by atoms with E-state index < -0.39 is 0 Å². The molecule has 1 N–H and O–H groups in total. The molecule has 1 aromatic carbocycles. The molecule has 5 nitrogen and oxygen atoms in total. The Hall–Kier alpha value is -2.21. The minimum Gasteiger partial charge on any atom is -0.331 e. The number of fused-ring (bicyclic) bond motifs is 1. The van der Waals surface area contributed by atoms with E-state index in [0.717, 1.165) is 41.8 Å². The molecule has 0 unspecified atom stereocenters. The van der Waals surface area contributed by atoms with Gasteiger partial charge in [0, 0.05) is 17.5 Å². The molecule has 0 spiro atoms. The summed E-state index contributed by atoms with van der Waals surface area (Å²) < 4.78 is 2.02. The molecule has 0 aliphatic heterocycles. The zero-order chi connectivity index (χ0) is 17.3. The zero-order valence-corrected chi connectivity index (χ0v) is 15.3. The second kappa shape index (κ2) is 6.73. The van der Waals surface area contributed by atoms with Crippen LogP contribution in [-0.2, 0) is 19.9 Å². The highest BCUT2D eigenvalue weighted by atomic mass is 32.1. The maximum atomic E-state index is 12.5. The van der Waals surface area contributed by atoms with E-state index in [4.69, 9.17) is 0 Å². The van der Waals surface area contributed by atoms with E-state index in [2.05, 4.69) is 29.1 Å². The number of thiazole rings is 1. The van der Waals surface area contributed by atoms with Crippen LogP contribution in [0.3, 0.4) is 0 Å². The third kappa shape index (κ3) is 3.06. The first kappa shape index (κ1) is 16.6. The summed E-state index contributed by atoms with van der Waals surface area (Å²) in [4.78, 5) is 22.9. The molecule has 6 heteroatoms. The van der Waals surface area contributed by atoms with Crippen LogP contribution in [0.15, 0.2) is 18.2 Å². The highest BCUT2D eigenvalue weighted by Gasteiger charge is 2.14. The van der Waals surface area contributed by atoms with Crippen molar-refractivity contribution in [3.05, 3.63) is 40.2 Å². The van der Waals surface area contributed by atoms with Gasteiger partial charge in [0.2, 0.25) is 0 Å². The lowest BCUT2D eigenvalue weighted by atomic mass is 10.2. The number of benzene rings is 1. The first-order chi connectivity index (χ1) is 11.5. The molecular weight excluding hydrogens is 320 g/mol. The summed E-state index contributed by atoms with van der Waals surface area (Å²) in [6.45, 7) is 6.22. The Morgan fingerprint density at radius 2 is 2.08 bits per heavy atom. The normalized spacial score (nSPS) is 11.2. The van der Waals surface area contributed by atoms with Crippen molar-refractivity contribution in [2.75, 3.05) is 5.32 Å². The summed E-state index contributed by atoms with van der Waals surface area (Å²) in [5, 5.41) is 3.61. The second-order valence-corrected chi connectivity index (χ2v) is 6.95. The van der Waals surface area contributed by atoms with Crippen LogP contribution in [0, 0.1) is 6.92 Å². The summed E-state index contributed by atoms with van der Waals surface area (Å²) in [7, 11) is 1.97. The highest BCUT2D eigenvalue weighted by molar-refractivity contribution is 7.15. The molecule has 2 heterocycles. The van der Waals surface area contributed by atoms with Gasteiger partial charge in [-0.3, -0.25) is 10.1 Å². The van der Waals surface area contributed by atoms with E-state index in [1.807, 2.05) is 36.7 Å². The van der Waals surface area contributed by atoms with Gasteiger partial charge in [-0.05, 0) is 38.0 Å². The summed E-state index contributed by atoms with van der Waals surface area (Å²) >= 11 is 1.57. The zero-order valence-electron chi connectivity index (χ0n) is 14.5. The molecule has 0 atom stereocenters. The Morgan fingerprint density at radius 3 is 2.79 bits per heavy atom. The van der Waals surface area contributed by atoms with Gasteiger partial charge in [0.1, 0.15) is 5.82 Å². The van der Waals surface area contributed by atoms with Crippen molar-refractivity contribution < 1.29 is 4.79 Å². The lowest BCUT2D eigenvalue weighted by Gasteiger charge is -2.02. The SMILES string of the molecule is CCCc1nc(NC(=O)c2ccc3c(c2)nc(C)n3C)sc1CC. The Bertz CT molecular complexity index is 894. The molecule has 0 saturated heterocycles. The van der Waals surface area contributed by atoms with Gasteiger partial charge in [-0.25, -0.2) is 9.97 Å². The van der Waals surface area contributed by atoms with Crippen LogP contribution in [0.5, 0.6) is 0 Å². The van der Waals surface area contributed by atoms with Crippen molar-refractivity contribution in [3.63, 3.8) is 0 Å². The van der Waals surface area contributed by atoms with Crippen LogP contribution < -0.4 is 5.32 Å². The van der Waals surface area contributed by atoms with Crippen molar-refractivity contribution >= 4 is 33.4 Å². The molecule has 126 valence electrons. The summed E-state index contributed by atoms with van der Waals surface area (Å²) in [6, 6.07) is 5.60. The van der Waals surface area contributed by atoms with Gasteiger partial charge >= 0.3 is 0 Å². The Morgan fingerprint density at radius 1 is 1.29 bits per heavy atom. The molecular formula is C18H22N4OS. The first-order valence-electron chi connectivity index (χ1n) is 8.26. The number of hydrogen-bond donors (Lipinski definition) is 1. The Balaban J connectivity index is 1.84. The van der Waals surface area contributed by atoms with Crippen molar-refractivity contribution in [3.8, 4) is 0 Å². The number of carbonyl (C=O) groups excluding carboxylic acids is 1. The standard InChI is InChI=1S/C18H22N4OS/c1-5-7-13-16(6-2)24-18(20-13)21-17(23)12-8-9-15-14(10-12)19-11(3)22(15)4/h8-10H,5-7H2,1-4H3,(H,20,21,23). The van der Waals surface area contributed by atoms with Gasteiger partial charge < -0.3 is 4.57 Å². The summed E-state index contributed by atoms with van der Waals surface area (Å²) in [5.74, 6) is 0.791. The number of hydrogen-bond acceptors (Lipinski definition) is 4. The average Bonchev–Trinajstić information content (AvgIpc) is 3.08. The number of nitrogens with zero attached hydrogens (tertiary/aromatic N) is 3. The van der Waals surface area contributed by atoms with E-state index in [1.165, 1.54) is 4.88 Å². The van der Waals surface area contributed by atoms with Gasteiger partial charge in [0.25, 0.3) is 5.91 Å². The maximum Gasteiger partial charge on any atom is 0.257 e. The third-order valence-corrected chi connectivity index (χ3v) is 5.33. The molecule has 0 saturated carbocycles. The van der Waals surface area contributed by atoms with Crippen LogP contribution in [-0.4, -0.2) is 20.4 Å². The Kier molecular flexibility index (Phi) is 4.66. The second-order valence-electron chi connectivity index (χ2n) is 5.87. The predicted molar refractivity (Wildman–Crippen MR) is 98.9 cm³/mol. The van der Waals surface area contributed by atoms with Gasteiger partial charge in [-0.15, -0.1) is 11.3 Å². The van der Waals surface area contributed by atoms with Crippen molar-refractivity contribution in [2.24, 2.45) is 7.05 Å². The first-order valence-corrected chi connectivity index (χ1v) is 9.08. The minimum atomic E-state index is -0.139. The van der Waals surface area contributed by atoms with Crippen LogP contribution in [0.2, 0.25) is 0 Å². The molecule has 0 aliphatic carbocycles. The monoisotopic (exact) mass is 342 g/mol. The van der Waals surface area contributed by atoms with Crippen molar-refractivity contribution in [1.82, 2.24) is 14.5 Å². The lowest BCUT2D eigenvalue weighted by Crippen LogP contribution is -2.11. The van der Waals surface area contributed by atoms with E-state index in [-0.39, 0.29) is 5.91 Å². The molecule has 0 aliphatic rings. The van der Waals surface area contributed by atoms with Gasteiger partial charge in [0.15, 0.2) is 5.13 Å². The maximum absolute atomic E-state index is 12.5. The fourth-order valence-corrected chi connectivity index (χ4v) is 3.72. The number of rotatable bonds is 5. The number of imidazole rings is 1. The molecule has 3 rings (SSSR count). The summed E-state index contributed by atoms with van der Waals surface area (Å²) in [6.07, 6.45) is 2.95. The van der Waals surface area contributed by atoms with Gasteiger partial charge in [-0.1, -0.05) is 20.3 Å². The molecule has 0 bridgehead atoms.